The van der Waals surface area contributed by atoms with Crippen molar-refractivity contribution in [2.45, 2.75) is 51.2 Å². The predicted molar refractivity (Wildman–Crippen MR) is 73.0 cm³/mol. The maximum Gasteiger partial charge on any atom is 0.410 e. The summed E-state index contributed by atoms with van der Waals surface area (Å²) in [4.78, 5) is 15.9. The summed E-state index contributed by atoms with van der Waals surface area (Å²) in [5.74, 6) is 0. The van der Waals surface area contributed by atoms with E-state index < -0.39 is 11.2 Å². The van der Waals surface area contributed by atoms with Gasteiger partial charge < -0.3 is 19.6 Å². The van der Waals surface area contributed by atoms with Gasteiger partial charge in [-0.1, -0.05) is 0 Å². The summed E-state index contributed by atoms with van der Waals surface area (Å²) in [5, 5.41) is 10.5. The zero-order chi connectivity index (χ0) is 14.1. The first-order valence-electron chi connectivity index (χ1n) is 7.20. The summed E-state index contributed by atoms with van der Waals surface area (Å²) in [5.41, 5.74) is -1.08. The van der Waals surface area contributed by atoms with E-state index in [1.165, 1.54) is 6.42 Å². The third-order valence-corrected chi connectivity index (χ3v) is 3.81. The number of nitrogens with zero attached hydrogens (tertiary/aromatic N) is 2. The van der Waals surface area contributed by atoms with E-state index in [4.69, 9.17) is 4.74 Å². The smallest absolute Gasteiger partial charge is 0.410 e. The summed E-state index contributed by atoms with van der Waals surface area (Å²) in [7, 11) is 0. The van der Waals surface area contributed by atoms with E-state index in [1.807, 2.05) is 20.8 Å². The first-order valence-corrected chi connectivity index (χ1v) is 7.20. The van der Waals surface area contributed by atoms with Gasteiger partial charge >= 0.3 is 6.09 Å². The number of β-amino-alcohol motifs (C(OH)–C–C–N with tert-alkyl or cyclic N) is 1. The highest BCUT2D eigenvalue weighted by atomic mass is 16.6. The lowest BCUT2D eigenvalue weighted by atomic mass is 9.90. The molecule has 0 bridgehead atoms. The molecule has 0 aromatic heterocycles. The summed E-state index contributed by atoms with van der Waals surface area (Å²) in [6.07, 6.45) is 2.25. The predicted octanol–water partition coefficient (Wildman–Crippen LogP) is 1.45. The average molecular weight is 270 g/mol. The molecule has 110 valence electrons. The molecule has 1 N–H and O–H groups in total. The Morgan fingerprint density at radius 3 is 2.21 bits per heavy atom. The van der Waals surface area contributed by atoms with Gasteiger partial charge in [0.1, 0.15) is 5.60 Å². The number of ether oxygens (including phenoxy) is 1. The molecule has 0 aromatic carbocycles. The van der Waals surface area contributed by atoms with Crippen LogP contribution in [-0.4, -0.2) is 64.9 Å². The minimum Gasteiger partial charge on any atom is -0.444 e. The van der Waals surface area contributed by atoms with E-state index in [0.717, 1.165) is 19.6 Å². The number of carbonyl (C=O) groups excluding carboxylic acids is 1. The quantitative estimate of drug-likeness (QED) is 0.825. The molecular weight excluding hydrogens is 244 g/mol. The van der Waals surface area contributed by atoms with Crippen LogP contribution in [0.25, 0.3) is 0 Å². The fourth-order valence-electron chi connectivity index (χ4n) is 2.55. The second-order valence-corrected chi connectivity index (χ2v) is 6.82. The first kappa shape index (κ1) is 14.6. The van der Waals surface area contributed by atoms with Crippen LogP contribution in [0.15, 0.2) is 0 Å². The van der Waals surface area contributed by atoms with E-state index in [2.05, 4.69) is 4.90 Å². The Balaban J connectivity index is 1.79. The number of hydrogen-bond donors (Lipinski definition) is 1. The maximum atomic E-state index is 11.9. The van der Waals surface area contributed by atoms with Crippen LogP contribution in [0.2, 0.25) is 0 Å². The number of carbonyl (C=O) groups is 1. The molecule has 0 aliphatic carbocycles. The molecular formula is C14H26N2O3. The van der Waals surface area contributed by atoms with Crippen molar-refractivity contribution in [3.8, 4) is 0 Å². The molecule has 0 radical (unpaired) electrons. The standard InChI is InChI=1S/C14H26N2O3/c1-13(2,3)19-12(17)16-9-5-14(18,6-10-16)11-15-7-4-8-15/h18H,4-11H2,1-3H3. The first-order chi connectivity index (χ1) is 8.77. The Morgan fingerprint density at radius 1 is 1.21 bits per heavy atom. The third-order valence-electron chi connectivity index (χ3n) is 3.81. The Bertz CT molecular complexity index is 326. The normalized spacial score (nSPS) is 23.9. The largest absolute Gasteiger partial charge is 0.444 e. The molecule has 1 amide bonds. The van der Waals surface area contributed by atoms with Crippen LogP contribution >= 0.6 is 0 Å². The van der Waals surface area contributed by atoms with Crippen LogP contribution in [0, 0.1) is 0 Å². The summed E-state index contributed by atoms with van der Waals surface area (Å²) < 4.78 is 5.35. The molecule has 0 spiro atoms. The number of likely N-dealkylation sites (tertiary alicyclic amines) is 2. The highest BCUT2D eigenvalue weighted by Crippen LogP contribution is 2.26. The van der Waals surface area contributed by atoms with Gasteiger partial charge in [0.15, 0.2) is 0 Å². The van der Waals surface area contributed by atoms with E-state index in [9.17, 15) is 9.90 Å². The third kappa shape index (κ3) is 4.08. The fourth-order valence-corrected chi connectivity index (χ4v) is 2.55. The topological polar surface area (TPSA) is 53.0 Å². The Labute approximate surface area is 115 Å². The van der Waals surface area contributed by atoms with Crippen LogP contribution in [0.3, 0.4) is 0 Å². The van der Waals surface area contributed by atoms with Crippen molar-refractivity contribution >= 4 is 6.09 Å². The van der Waals surface area contributed by atoms with Gasteiger partial charge in [-0.3, -0.25) is 0 Å². The van der Waals surface area contributed by atoms with E-state index in [1.54, 1.807) is 4.90 Å². The van der Waals surface area contributed by atoms with Gasteiger partial charge in [0.25, 0.3) is 0 Å². The Hall–Kier alpha value is -0.810. The van der Waals surface area contributed by atoms with E-state index in [-0.39, 0.29) is 6.09 Å². The number of aliphatic hydroxyl groups is 1. The maximum absolute atomic E-state index is 11.9. The van der Waals surface area contributed by atoms with Crippen molar-refractivity contribution < 1.29 is 14.6 Å². The van der Waals surface area contributed by atoms with Crippen LogP contribution in [0.4, 0.5) is 4.79 Å². The SMILES string of the molecule is CC(C)(C)OC(=O)N1CCC(O)(CN2CCC2)CC1. The minimum atomic E-state index is -0.626. The number of amides is 1. The Kier molecular flexibility index (Phi) is 4.06. The Morgan fingerprint density at radius 2 is 1.79 bits per heavy atom. The molecule has 2 aliphatic rings. The van der Waals surface area contributed by atoms with Crippen molar-refractivity contribution in [1.29, 1.82) is 0 Å². The molecule has 19 heavy (non-hydrogen) atoms. The monoisotopic (exact) mass is 270 g/mol. The molecule has 2 rings (SSSR count). The molecule has 0 saturated carbocycles. The van der Waals surface area contributed by atoms with Gasteiger partial charge in [-0.15, -0.1) is 0 Å². The zero-order valence-corrected chi connectivity index (χ0v) is 12.3. The van der Waals surface area contributed by atoms with Crippen LogP contribution < -0.4 is 0 Å². The van der Waals surface area contributed by atoms with Gasteiger partial charge in [-0.25, -0.2) is 4.79 Å². The van der Waals surface area contributed by atoms with Gasteiger partial charge in [0, 0.05) is 19.6 Å². The van der Waals surface area contributed by atoms with Gasteiger partial charge in [0.05, 0.1) is 5.60 Å². The second-order valence-electron chi connectivity index (χ2n) is 6.82. The molecule has 2 saturated heterocycles. The molecule has 0 atom stereocenters. The number of piperidine rings is 1. The fraction of sp³-hybridized carbons (Fsp3) is 0.929. The van der Waals surface area contributed by atoms with Crippen molar-refractivity contribution in [3.63, 3.8) is 0 Å². The lowest BCUT2D eigenvalue weighted by Gasteiger charge is -2.43. The van der Waals surface area contributed by atoms with E-state index in [0.29, 0.717) is 25.9 Å². The summed E-state index contributed by atoms with van der Waals surface area (Å²) >= 11 is 0. The number of rotatable bonds is 2. The van der Waals surface area contributed by atoms with Gasteiger partial charge in [-0.05, 0) is 53.1 Å². The summed E-state index contributed by atoms with van der Waals surface area (Å²) in [6, 6.07) is 0. The minimum absolute atomic E-state index is 0.265. The van der Waals surface area contributed by atoms with Gasteiger partial charge in [0.2, 0.25) is 0 Å². The molecule has 5 nitrogen and oxygen atoms in total. The van der Waals surface area contributed by atoms with Crippen molar-refractivity contribution in [2.75, 3.05) is 32.7 Å². The number of hydrogen-bond acceptors (Lipinski definition) is 4. The highest BCUT2D eigenvalue weighted by molar-refractivity contribution is 5.68. The lowest BCUT2D eigenvalue weighted by molar-refractivity contribution is -0.0590. The average Bonchev–Trinajstić information content (AvgIpc) is 2.22. The van der Waals surface area contributed by atoms with Crippen molar-refractivity contribution in [3.05, 3.63) is 0 Å². The molecule has 5 heteroatoms. The van der Waals surface area contributed by atoms with Crippen LogP contribution in [0.1, 0.15) is 40.0 Å². The molecule has 2 heterocycles. The van der Waals surface area contributed by atoms with Crippen molar-refractivity contribution in [1.82, 2.24) is 9.80 Å². The van der Waals surface area contributed by atoms with Gasteiger partial charge in [-0.2, -0.15) is 0 Å². The highest BCUT2D eigenvalue weighted by Gasteiger charge is 2.37. The van der Waals surface area contributed by atoms with Crippen LogP contribution in [-0.2, 0) is 4.74 Å². The molecule has 0 unspecified atom stereocenters. The van der Waals surface area contributed by atoms with Crippen LogP contribution in [0.5, 0.6) is 0 Å². The lowest BCUT2D eigenvalue weighted by Crippen LogP contribution is -2.55. The molecule has 0 aromatic rings. The zero-order valence-electron chi connectivity index (χ0n) is 12.3. The summed E-state index contributed by atoms with van der Waals surface area (Å²) in [6.45, 7) is 9.71. The molecule has 2 fully saturated rings. The molecule has 2 aliphatic heterocycles. The van der Waals surface area contributed by atoms with E-state index >= 15 is 0 Å². The second kappa shape index (κ2) is 5.29. The van der Waals surface area contributed by atoms with Crippen molar-refractivity contribution in [2.24, 2.45) is 0 Å².